The molecule has 270 valence electrons. The quantitative estimate of drug-likeness (QED) is 0.163. The highest BCUT2D eigenvalue weighted by Gasteiger charge is 2.35. The Morgan fingerprint density at radius 2 is 0.737 bits per heavy atom. The van der Waals surface area contributed by atoms with Crippen molar-refractivity contribution in [3.8, 4) is 89.5 Å². The third kappa shape index (κ3) is 6.26. The number of hydrogen-bond acceptors (Lipinski definition) is 2. The summed E-state index contributed by atoms with van der Waals surface area (Å²) >= 11 is 0. The molecule has 9 aromatic rings. The second kappa shape index (κ2) is 14.2. The summed E-state index contributed by atoms with van der Waals surface area (Å²) in [4.78, 5) is 10.1. The second-order valence-electron chi connectivity index (χ2n) is 15.4. The molecule has 0 N–H and O–H groups in total. The molecule has 57 heavy (non-hydrogen) atoms. The Morgan fingerprint density at radius 1 is 0.298 bits per heavy atom. The minimum atomic E-state index is -0.0566. The van der Waals surface area contributed by atoms with Crippen LogP contribution in [0.1, 0.15) is 25.0 Å². The maximum Gasteiger partial charge on any atom is 0.160 e. The highest BCUT2D eigenvalue weighted by molar-refractivity contribution is 5.99. The molecule has 2 heteroatoms. The molecule has 0 bridgehead atoms. The van der Waals surface area contributed by atoms with E-state index < -0.39 is 0 Å². The number of aromatic nitrogens is 2. The lowest BCUT2D eigenvalue weighted by Gasteiger charge is -2.22. The van der Waals surface area contributed by atoms with Crippen LogP contribution in [0.25, 0.3) is 89.5 Å². The summed E-state index contributed by atoms with van der Waals surface area (Å²) in [7, 11) is 0. The predicted octanol–water partition coefficient (Wildman–Crippen LogP) is 14.5. The maximum absolute atomic E-state index is 5.12. The van der Waals surface area contributed by atoms with Crippen molar-refractivity contribution in [3.05, 3.63) is 217 Å². The molecule has 10 rings (SSSR count). The Labute approximate surface area is 334 Å². The molecule has 0 spiro atoms. The lowest BCUT2D eigenvalue weighted by atomic mass is 9.81. The summed E-state index contributed by atoms with van der Waals surface area (Å²) in [6, 6.07) is 74.0. The van der Waals surface area contributed by atoms with Crippen molar-refractivity contribution < 1.29 is 0 Å². The third-order valence-electron chi connectivity index (χ3n) is 11.5. The van der Waals surface area contributed by atoms with Gasteiger partial charge in [0, 0.05) is 22.1 Å². The zero-order valence-corrected chi connectivity index (χ0v) is 32.0. The molecule has 0 aliphatic heterocycles. The Balaban J connectivity index is 1.16. The molecule has 1 aromatic heterocycles. The van der Waals surface area contributed by atoms with Gasteiger partial charge in [-0.15, -0.1) is 0 Å². The molecule has 0 fully saturated rings. The number of fused-ring (bicyclic) bond motifs is 3. The first-order valence-electron chi connectivity index (χ1n) is 19.7. The average Bonchev–Trinajstić information content (AvgIpc) is 3.52. The van der Waals surface area contributed by atoms with E-state index in [1.165, 1.54) is 61.2 Å². The molecular formula is C55H40N2. The standard InChI is InChI=1S/C55H40N2/c1-55(2)49-26-16-15-25-45(49)48-33-43(31-32-50(48)55)47-35-44(37-17-7-3-8-18-37)34-46(53(47)41-21-11-5-12-22-41)38-27-29-40(30-28-38)52-36-51(39-19-9-4-10-20-39)56-54(57-52)42-23-13-6-14-24-42/h3-36H,1-2H3. The molecule has 0 amide bonds. The molecule has 1 heterocycles. The van der Waals surface area contributed by atoms with Gasteiger partial charge in [-0.05, 0) is 91.0 Å². The first kappa shape index (κ1) is 34.3. The van der Waals surface area contributed by atoms with E-state index in [0.29, 0.717) is 5.82 Å². The fourth-order valence-electron chi connectivity index (χ4n) is 8.59. The first-order valence-corrected chi connectivity index (χ1v) is 19.7. The minimum absolute atomic E-state index is 0.0566. The number of hydrogen-bond donors (Lipinski definition) is 0. The summed E-state index contributed by atoms with van der Waals surface area (Å²) in [6.45, 7) is 4.69. The largest absolute Gasteiger partial charge is 0.228 e. The molecule has 0 saturated heterocycles. The molecule has 0 radical (unpaired) electrons. The summed E-state index contributed by atoms with van der Waals surface area (Å²) in [5, 5.41) is 0. The van der Waals surface area contributed by atoms with Crippen LogP contribution in [0, 0.1) is 0 Å². The van der Waals surface area contributed by atoms with Crippen LogP contribution in [0.4, 0.5) is 0 Å². The summed E-state index contributed by atoms with van der Waals surface area (Å²) in [6.07, 6.45) is 0. The summed E-state index contributed by atoms with van der Waals surface area (Å²) < 4.78 is 0. The van der Waals surface area contributed by atoms with Gasteiger partial charge in [-0.3, -0.25) is 0 Å². The van der Waals surface area contributed by atoms with E-state index in [0.717, 1.165) is 33.6 Å². The maximum atomic E-state index is 5.12. The van der Waals surface area contributed by atoms with E-state index in [4.69, 9.17) is 9.97 Å². The van der Waals surface area contributed by atoms with Gasteiger partial charge in [0.1, 0.15) is 0 Å². The van der Waals surface area contributed by atoms with E-state index in [2.05, 4.69) is 196 Å². The zero-order valence-electron chi connectivity index (χ0n) is 32.0. The van der Waals surface area contributed by atoms with Gasteiger partial charge < -0.3 is 0 Å². The van der Waals surface area contributed by atoms with E-state index in [1.54, 1.807) is 0 Å². The van der Waals surface area contributed by atoms with Gasteiger partial charge in [0.2, 0.25) is 0 Å². The molecule has 8 aromatic carbocycles. The van der Waals surface area contributed by atoms with Crippen molar-refractivity contribution in [1.29, 1.82) is 0 Å². The van der Waals surface area contributed by atoms with Crippen LogP contribution in [0.15, 0.2) is 206 Å². The van der Waals surface area contributed by atoms with Crippen LogP contribution in [0.5, 0.6) is 0 Å². The van der Waals surface area contributed by atoms with Gasteiger partial charge >= 0.3 is 0 Å². The third-order valence-corrected chi connectivity index (χ3v) is 11.5. The molecule has 2 nitrogen and oxygen atoms in total. The van der Waals surface area contributed by atoms with Crippen molar-refractivity contribution in [2.24, 2.45) is 0 Å². The van der Waals surface area contributed by atoms with Crippen molar-refractivity contribution in [3.63, 3.8) is 0 Å². The fourth-order valence-corrected chi connectivity index (χ4v) is 8.59. The van der Waals surface area contributed by atoms with Crippen LogP contribution in [-0.2, 0) is 5.41 Å². The van der Waals surface area contributed by atoms with Crippen LogP contribution in [0.2, 0.25) is 0 Å². The predicted molar refractivity (Wildman–Crippen MR) is 238 cm³/mol. The van der Waals surface area contributed by atoms with Crippen LogP contribution in [0.3, 0.4) is 0 Å². The lowest BCUT2D eigenvalue weighted by Crippen LogP contribution is -2.14. The lowest BCUT2D eigenvalue weighted by molar-refractivity contribution is 0.660. The van der Waals surface area contributed by atoms with E-state index in [9.17, 15) is 0 Å². The molecule has 0 atom stereocenters. The highest BCUT2D eigenvalue weighted by Crippen LogP contribution is 2.51. The summed E-state index contributed by atoms with van der Waals surface area (Å²) in [5.74, 6) is 0.711. The molecule has 0 unspecified atom stereocenters. The zero-order chi connectivity index (χ0) is 38.3. The Hall–Kier alpha value is -7.16. The normalized spacial score (nSPS) is 12.5. The second-order valence-corrected chi connectivity index (χ2v) is 15.4. The molecular weight excluding hydrogens is 689 g/mol. The van der Waals surface area contributed by atoms with E-state index in [-0.39, 0.29) is 5.41 Å². The number of nitrogens with zero attached hydrogens (tertiary/aromatic N) is 2. The van der Waals surface area contributed by atoms with Crippen LogP contribution >= 0.6 is 0 Å². The van der Waals surface area contributed by atoms with Crippen molar-refractivity contribution in [1.82, 2.24) is 9.97 Å². The molecule has 0 saturated carbocycles. The minimum Gasteiger partial charge on any atom is -0.228 e. The number of benzene rings is 8. The fraction of sp³-hybridized carbons (Fsp3) is 0.0545. The van der Waals surface area contributed by atoms with Crippen LogP contribution in [-0.4, -0.2) is 9.97 Å². The van der Waals surface area contributed by atoms with Crippen molar-refractivity contribution >= 4 is 0 Å². The molecule has 1 aliphatic carbocycles. The van der Waals surface area contributed by atoms with Crippen molar-refractivity contribution in [2.75, 3.05) is 0 Å². The topological polar surface area (TPSA) is 25.8 Å². The first-order chi connectivity index (χ1) is 28.0. The Kier molecular flexibility index (Phi) is 8.53. The highest BCUT2D eigenvalue weighted by atomic mass is 14.9. The van der Waals surface area contributed by atoms with Gasteiger partial charge in [0.05, 0.1) is 11.4 Å². The van der Waals surface area contributed by atoms with E-state index >= 15 is 0 Å². The van der Waals surface area contributed by atoms with E-state index in [1.807, 2.05) is 24.3 Å². The van der Waals surface area contributed by atoms with Gasteiger partial charge in [-0.25, -0.2) is 9.97 Å². The van der Waals surface area contributed by atoms with Gasteiger partial charge in [-0.1, -0.05) is 196 Å². The Morgan fingerprint density at radius 3 is 1.37 bits per heavy atom. The summed E-state index contributed by atoms with van der Waals surface area (Å²) in [5.41, 5.74) is 19.7. The number of rotatable bonds is 7. The van der Waals surface area contributed by atoms with Gasteiger partial charge in [-0.2, -0.15) is 0 Å². The SMILES string of the molecule is CC1(C)c2ccccc2-c2cc(-c3cc(-c4ccccc4)cc(-c4ccc(-c5cc(-c6ccccc6)nc(-c6ccccc6)n5)cc4)c3-c3ccccc3)ccc21. The monoisotopic (exact) mass is 728 g/mol. The Bertz CT molecular complexity index is 2820. The van der Waals surface area contributed by atoms with Crippen molar-refractivity contribution in [2.45, 2.75) is 19.3 Å². The van der Waals surface area contributed by atoms with Crippen LogP contribution < -0.4 is 0 Å². The van der Waals surface area contributed by atoms with Gasteiger partial charge in [0.15, 0.2) is 5.82 Å². The molecule has 1 aliphatic rings. The smallest absolute Gasteiger partial charge is 0.160 e. The average molecular weight is 729 g/mol. The van der Waals surface area contributed by atoms with Gasteiger partial charge in [0.25, 0.3) is 0 Å².